The molecule has 2 amide bonds. The summed E-state index contributed by atoms with van der Waals surface area (Å²) in [4.78, 5) is 35.9. The zero-order valence-corrected chi connectivity index (χ0v) is 15.8. The Labute approximate surface area is 153 Å². The maximum Gasteiger partial charge on any atom is 0.254 e. The van der Waals surface area contributed by atoms with E-state index in [0.717, 1.165) is 43.0 Å². The molecule has 0 unspecified atom stereocenters. The van der Waals surface area contributed by atoms with Gasteiger partial charge in [-0.2, -0.15) is 0 Å². The molecule has 0 spiro atoms. The number of hydrogen-bond donors (Lipinski definition) is 1. The maximum atomic E-state index is 12.7. The first-order valence-electron chi connectivity index (χ1n) is 9.47. The molecule has 0 saturated heterocycles. The number of likely N-dealkylation sites (N-methyl/N-ethyl adjacent to an activating group) is 1. The first-order valence-corrected chi connectivity index (χ1v) is 9.47. The lowest BCUT2D eigenvalue weighted by molar-refractivity contribution is -0.129. The lowest BCUT2D eigenvalue weighted by Gasteiger charge is -2.18. The van der Waals surface area contributed by atoms with Crippen LogP contribution in [0.3, 0.4) is 0 Å². The molecule has 3 heterocycles. The average Bonchev–Trinajstić information content (AvgIpc) is 2.81. The van der Waals surface area contributed by atoms with Gasteiger partial charge in [0.2, 0.25) is 5.91 Å². The number of hydrogen-bond acceptors (Lipinski definition) is 4. The lowest BCUT2D eigenvalue weighted by Crippen LogP contribution is -2.40. The summed E-state index contributed by atoms with van der Waals surface area (Å²) in [5, 5.41) is 2.75. The van der Waals surface area contributed by atoms with Crippen LogP contribution in [0.1, 0.15) is 55.0 Å². The van der Waals surface area contributed by atoms with E-state index in [1.807, 2.05) is 20.8 Å². The molecule has 26 heavy (non-hydrogen) atoms. The highest BCUT2D eigenvalue weighted by atomic mass is 16.2. The van der Waals surface area contributed by atoms with Crippen LogP contribution in [0.5, 0.6) is 0 Å². The summed E-state index contributed by atoms with van der Waals surface area (Å²) in [6, 6.07) is 1.76. The molecule has 7 heteroatoms. The number of amides is 2. The molecular formula is C19H27N5O2. The van der Waals surface area contributed by atoms with Gasteiger partial charge in [0.1, 0.15) is 11.3 Å². The number of carbonyl (C=O) groups is 2. The highest BCUT2D eigenvalue weighted by Gasteiger charge is 2.21. The van der Waals surface area contributed by atoms with Gasteiger partial charge in [-0.25, -0.2) is 9.97 Å². The van der Waals surface area contributed by atoms with Crippen molar-refractivity contribution in [3.05, 3.63) is 23.1 Å². The highest BCUT2D eigenvalue weighted by molar-refractivity contribution is 6.05. The second kappa shape index (κ2) is 7.85. The van der Waals surface area contributed by atoms with Crippen molar-refractivity contribution in [1.29, 1.82) is 0 Å². The van der Waals surface area contributed by atoms with Crippen molar-refractivity contribution < 1.29 is 9.59 Å². The van der Waals surface area contributed by atoms with Crippen molar-refractivity contribution in [3.8, 4) is 0 Å². The summed E-state index contributed by atoms with van der Waals surface area (Å²) >= 11 is 0. The standard InChI is InChI=1S/C19H27N5O2/c1-4-23(5-2)16(25)12-20-19(26)14-11-13(3)21-18-17(14)22-15-9-7-6-8-10-24(15)18/h11H,4-10,12H2,1-3H3,(H,20,26). The number of nitrogens with one attached hydrogen (secondary N) is 1. The first-order chi connectivity index (χ1) is 12.5. The molecule has 1 aliphatic rings. The third-order valence-electron chi connectivity index (χ3n) is 4.95. The Morgan fingerprint density at radius 1 is 1.19 bits per heavy atom. The Morgan fingerprint density at radius 2 is 1.96 bits per heavy atom. The van der Waals surface area contributed by atoms with E-state index in [1.54, 1.807) is 11.0 Å². The SMILES string of the molecule is CCN(CC)C(=O)CNC(=O)c1cc(C)nc2c1nc1n2CCCCC1. The van der Waals surface area contributed by atoms with E-state index in [4.69, 9.17) is 4.98 Å². The molecule has 0 radical (unpaired) electrons. The minimum absolute atomic E-state index is 0.00303. The molecule has 0 fully saturated rings. The fourth-order valence-corrected chi connectivity index (χ4v) is 3.53. The summed E-state index contributed by atoms with van der Waals surface area (Å²) in [6.07, 6.45) is 4.32. The molecule has 0 aromatic carbocycles. The Kier molecular flexibility index (Phi) is 5.54. The summed E-state index contributed by atoms with van der Waals surface area (Å²) in [5.41, 5.74) is 2.70. The van der Waals surface area contributed by atoms with Gasteiger partial charge in [0.25, 0.3) is 5.91 Å². The predicted octanol–water partition coefficient (Wildman–Crippen LogP) is 2.06. The number of pyridine rings is 1. The summed E-state index contributed by atoms with van der Waals surface area (Å²) < 4.78 is 2.15. The zero-order valence-electron chi connectivity index (χ0n) is 15.8. The molecule has 0 atom stereocenters. The largest absolute Gasteiger partial charge is 0.343 e. The number of aryl methyl sites for hydroxylation is 3. The fraction of sp³-hybridized carbons (Fsp3) is 0.579. The Morgan fingerprint density at radius 3 is 2.69 bits per heavy atom. The minimum Gasteiger partial charge on any atom is -0.343 e. The van der Waals surface area contributed by atoms with Gasteiger partial charge in [-0.1, -0.05) is 6.42 Å². The van der Waals surface area contributed by atoms with E-state index >= 15 is 0 Å². The van der Waals surface area contributed by atoms with Crippen LogP contribution in [0, 0.1) is 6.92 Å². The van der Waals surface area contributed by atoms with Gasteiger partial charge in [0.05, 0.1) is 12.1 Å². The van der Waals surface area contributed by atoms with Gasteiger partial charge in [-0.3, -0.25) is 9.59 Å². The van der Waals surface area contributed by atoms with Crippen LogP contribution in [-0.2, 0) is 17.8 Å². The molecule has 140 valence electrons. The average molecular weight is 357 g/mol. The first kappa shape index (κ1) is 18.4. The second-order valence-electron chi connectivity index (χ2n) is 6.72. The summed E-state index contributed by atoms with van der Waals surface area (Å²) in [5.74, 6) is 0.657. The van der Waals surface area contributed by atoms with Crippen molar-refractivity contribution >= 4 is 23.0 Å². The Bertz CT molecular complexity index is 823. The van der Waals surface area contributed by atoms with Gasteiger partial charge in [0.15, 0.2) is 5.65 Å². The molecule has 1 N–H and O–H groups in total. The summed E-state index contributed by atoms with van der Waals surface area (Å²) in [7, 11) is 0. The van der Waals surface area contributed by atoms with Crippen LogP contribution in [-0.4, -0.2) is 50.9 Å². The zero-order chi connectivity index (χ0) is 18.7. The maximum absolute atomic E-state index is 12.7. The van der Waals surface area contributed by atoms with E-state index < -0.39 is 0 Å². The normalized spacial score (nSPS) is 14.0. The number of carbonyl (C=O) groups excluding carboxylic acids is 2. The van der Waals surface area contributed by atoms with E-state index in [0.29, 0.717) is 24.2 Å². The fourth-order valence-electron chi connectivity index (χ4n) is 3.53. The number of nitrogens with zero attached hydrogens (tertiary/aromatic N) is 4. The molecule has 0 bridgehead atoms. The molecule has 0 aliphatic carbocycles. The quantitative estimate of drug-likeness (QED) is 0.888. The van der Waals surface area contributed by atoms with Crippen LogP contribution in [0.25, 0.3) is 11.2 Å². The van der Waals surface area contributed by atoms with Crippen molar-refractivity contribution in [1.82, 2.24) is 24.8 Å². The molecule has 3 rings (SSSR count). The molecule has 1 aliphatic heterocycles. The molecule has 0 saturated carbocycles. The number of imidazole rings is 1. The van der Waals surface area contributed by atoms with Crippen molar-refractivity contribution in [2.75, 3.05) is 19.6 Å². The van der Waals surface area contributed by atoms with Crippen molar-refractivity contribution in [2.45, 2.75) is 53.0 Å². The van der Waals surface area contributed by atoms with Crippen molar-refractivity contribution in [2.24, 2.45) is 0 Å². The topological polar surface area (TPSA) is 80.1 Å². The molecule has 7 nitrogen and oxygen atoms in total. The van der Waals surface area contributed by atoms with E-state index in [9.17, 15) is 9.59 Å². The molecular weight excluding hydrogens is 330 g/mol. The highest BCUT2D eigenvalue weighted by Crippen LogP contribution is 2.23. The monoisotopic (exact) mass is 357 g/mol. The number of rotatable bonds is 5. The second-order valence-corrected chi connectivity index (χ2v) is 6.72. The van der Waals surface area contributed by atoms with Gasteiger partial charge < -0.3 is 14.8 Å². The van der Waals surface area contributed by atoms with E-state index in [1.165, 1.54) is 6.42 Å². The smallest absolute Gasteiger partial charge is 0.254 e. The van der Waals surface area contributed by atoms with Gasteiger partial charge in [0, 0.05) is 31.7 Å². The van der Waals surface area contributed by atoms with Crippen LogP contribution in [0.15, 0.2) is 6.07 Å². The lowest BCUT2D eigenvalue weighted by atomic mass is 10.2. The Balaban J connectivity index is 1.87. The van der Waals surface area contributed by atoms with Crippen LogP contribution in [0.4, 0.5) is 0 Å². The van der Waals surface area contributed by atoms with Crippen LogP contribution >= 0.6 is 0 Å². The number of fused-ring (bicyclic) bond motifs is 3. The molecule has 2 aromatic heterocycles. The third kappa shape index (κ3) is 3.57. The number of aromatic nitrogens is 3. The van der Waals surface area contributed by atoms with Gasteiger partial charge >= 0.3 is 0 Å². The minimum atomic E-state index is -0.269. The van der Waals surface area contributed by atoms with Gasteiger partial charge in [-0.05, 0) is 39.7 Å². The molecule has 2 aromatic rings. The van der Waals surface area contributed by atoms with Crippen LogP contribution < -0.4 is 5.32 Å². The van der Waals surface area contributed by atoms with Crippen molar-refractivity contribution in [3.63, 3.8) is 0 Å². The predicted molar refractivity (Wildman–Crippen MR) is 100 cm³/mol. The van der Waals surface area contributed by atoms with Gasteiger partial charge in [-0.15, -0.1) is 0 Å². The Hall–Kier alpha value is -2.44. The summed E-state index contributed by atoms with van der Waals surface area (Å²) in [6.45, 7) is 7.90. The van der Waals surface area contributed by atoms with E-state index in [2.05, 4.69) is 14.9 Å². The van der Waals surface area contributed by atoms with Crippen LogP contribution in [0.2, 0.25) is 0 Å². The third-order valence-corrected chi connectivity index (χ3v) is 4.95. The van der Waals surface area contributed by atoms with E-state index in [-0.39, 0.29) is 18.4 Å².